The fourth-order valence-electron chi connectivity index (χ4n) is 2.73. The lowest BCUT2D eigenvalue weighted by Crippen LogP contribution is -2.36. The van der Waals surface area contributed by atoms with Gasteiger partial charge in [-0.1, -0.05) is 0 Å². The summed E-state index contributed by atoms with van der Waals surface area (Å²) in [6, 6.07) is 0. The molecule has 0 aliphatic carbocycles. The van der Waals surface area contributed by atoms with Gasteiger partial charge in [0.15, 0.2) is 5.60 Å². The fourth-order valence-corrected chi connectivity index (χ4v) is 2.73. The van der Waals surface area contributed by atoms with Crippen molar-refractivity contribution in [2.75, 3.05) is 21.3 Å². The van der Waals surface area contributed by atoms with Crippen molar-refractivity contribution in [2.24, 2.45) is 0 Å². The molecule has 0 bridgehead atoms. The Hall–Kier alpha value is -1.75. The molecule has 0 fully saturated rings. The van der Waals surface area contributed by atoms with Gasteiger partial charge in [-0.05, 0) is 57.2 Å². The van der Waals surface area contributed by atoms with Gasteiger partial charge in [-0.15, -0.1) is 0 Å². The molecule has 0 aliphatic rings. The highest BCUT2D eigenvalue weighted by atomic mass is 16.5. The number of methoxy groups -OCH3 is 3. The molecule has 0 unspecified atom stereocenters. The highest BCUT2D eigenvalue weighted by molar-refractivity contribution is 5.78. The summed E-state index contributed by atoms with van der Waals surface area (Å²) in [7, 11) is 4.52. The molecule has 0 radical (unpaired) electrons. The van der Waals surface area contributed by atoms with E-state index in [1.807, 2.05) is 20.8 Å². The third kappa shape index (κ3) is 3.35. The standard InChI is InChI=1S/C17H26O5/c1-10-11(2)15(21-6)13(12(3)14(10)20-5)8-9-17(4,19)16(18)22-7/h19H,8-9H2,1-7H3/t17-/m0/s1. The van der Waals surface area contributed by atoms with Gasteiger partial charge in [-0.2, -0.15) is 0 Å². The second kappa shape index (κ2) is 7.01. The molecule has 0 heterocycles. The van der Waals surface area contributed by atoms with E-state index in [0.717, 1.165) is 33.8 Å². The van der Waals surface area contributed by atoms with Gasteiger partial charge < -0.3 is 19.3 Å². The number of hydrogen-bond acceptors (Lipinski definition) is 5. The van der Waals surface area contributed by atoms with E-state index < -0.39 is 11.6 Å². The predicted molar refractivity (Wildman–Crippen MR) is 84.7 cm³/mol. The summed E-state index contributed by atoms with van der Waals surface area (Å²) in [5.41, 5.74) is 2.39. The van der Waals surface area contributed by atoms with Crippen LogP contribution in [0.1, 0.15) is 35.6 Å². The number of carbonyl (C=O) groups excluding carboxylic acids is 1. The van der Waals surface area contributed by atoms with E-state index in [1.54, 1.807) is 14.2 Å². The topological polar surface area (TPSA) is 65.0 Å². The summed E-state index contributed by atoms with van der Waals surface area (Å²) in [5, 5.41) is 10.2. The minimum atomic E-state index is -1.53. The Kier molecular flexibility index (Phi) is 5.83. The first kappa shape index (κ1) is 18.3. The molecule has 0 amide bonds. The molecule has 22 heavy (non-hydrogen) atoms. The van der Waals surface area contributed by atoms with Crippen LogP contribution in [-0.4, -0.2) is 38.0 Å². The number of rotatable bonds is 6. The minimum absolute atomic E-state index is 0.239. The monoisotopic (exact) mass is 310 g/mol. The van der Waals surface area contributed by atoms with Crippen LogP contribution in [0.2, 0.25) is 0 Å². The number of esters is 1. The van der Waals surface area contributed by atoms with Crippen LogP contribution in [0.25, 0.3) is 0 Å². The molecule has 0 saturated carbocycles. The highest BCUT2D eigenvalue weighted by Gasteiger charge is 2.32. The highest BCUT2D eigenvalue weighted by Crippen LogP contribution is 2.38. The molecular formula is C17H26O5. The first-order chi connectivity index (χ1) is 10.2. The van der Waals surface area contributed by atoms with Gasteiger partial charge in [0.25, 0.3) is 0 Å². The van der Waals surface area contributed by atoms with Crippen LogP contribution in [-0.2, 0) is 16.0 Å². The Labute approximate surface area is 132 Å². The molecule has 1 aromatic carbocycles. The summed E-state index contributed by atoms with van der Waals surface area (Å²) in [6.45, 7) is 7.37. The van der Waals surface area contributed by atoms with Gasteiger partial charge in [-0.25, -0.2) is 4.79 Å². The maximum Gasteiger partial charge on any atom is 0.337 e. The van der Waals surface area contributed by atoms with Crippen LogP contribution in [0.4, 0.5) is 0 Å². The Morgan fingerprint density at radius 1 is 1.00 bits per heavy atom. The Bertz CT molecular complexity index is 561. The van der Waals surface area contributed by atoms with Crippen LogP contribution in [0, 0.1) is 20.8 Å². The SMILES string of the molecule is COC(=O)[C@@](C)(O)CCc1c(C)c(OC)c(C)c(C)c1OC. The quantitative estimate of drug-likeness (QED) is 0.818. The molecular weight excluding hydrogens is 284 g/mol. The molecule has 5 nitrogen and oxygen atoms in total. The number of ether oxygens (including phenoxy) is 3. The number of benzene rings is 1. The van der Waals surface area contributed by atoms with Crippen LogP contribution >= 0.6 is 0 Å². The first-order valence-corrected chi connectivity index (χ1v) is 7.22. The molecule has 0 aromatic heterocycles. The van der Waals surface area contributed by atoms with Crippen LogP contribution in [0.5, 0.6) is 11.5 Å². The molecule has 5 heteroatoms. The van der Waals surface area contributed by atoms with E-state index in [9.17, 15) is 9.90 Å². The average Bonchev–Trinajstić information content (AvgIpc) is 2.49. The minimum Gasteiger partial charge on any atom is -0.496 e. The largest absolute Gasteiger partial charge is 0.496 e. The zero-order valence-electron chi connectivity index (χ0n) is 14.5. The summed E-state index contributed by atoms with van der Waals surface area (Å²) < 4.78 is 15.7. The third-order valence-corrected chi connectivity index (χ3v) is 4.21. The van der Waals surface area contributed by atoms with Crippen molar-refractivity contribution in [1.82, 2.24) is 0 Å². The smallest absolute Gasteiger partial charge is 0.337 e. The second-order valence-corrected chi connectivity index (χ2v) is 5.69. The maximum absolute atomic E-state index is 11.6. The van der Waals surface area contributed by atoms with Crippen molar-refractivity contribution >= 4 is 5.97 Å². The number of hydrogen-bond donors (Lipinski definition) is 1. The zero-order valence-corrected chi connectivity index (χ0v) is 14.5. The van der Waals surface area contributed by atoms with Crippen molar-refractivity contribution < 1.29 is 24.1 Å². The van der Waals surface area contributed by atoms with Crippen LogP contribution in [0.15, 0.2) is 0 Å². The zero-order chi connectivity index (χ0) is 17.1. The van der Waals surface area contributed by atoms with Crippen molar-refractivity contribution in [3.8, 4) is 11.5 Å². The summed E-state index contributed by atoms with van der Waals surface area (Å²) >= 11 is 0. The summed E-state index contributed by atoms with van der Waals surface area (Å²) in [4.78, 5) is 11.6. The average molecular weight is 310 g/mol. The molecule has 0 aliphatic heterocycles. The van der Waals surface area contributed by atoms with Crippen LogP contribution in [0.3, 0.4) is 0 Å². The Morgan fingerprint density at radius 3 is 1.95 bits per heavy atom. The second-order valence-electron chi connectivity index (χ2n) is 5.69. The van der Waals surface area contributed by atoms with Gasteiger partial charge in [0.2, 0.25) is 0 Å². The Morgan fingerprint density at radius 2 is 1.50 bits per heavy atom. The van der Waals surface area contributed by atoms with Gasteiger partial charge in [0.1, 0.15) is 11.5 Å². The molecule has 1 atom stereocenters. The third-order valence-electron chi connectivity index (χ3n) is 4.21. The van der Waals surface area contributed by atoms with E-state index in [4.69, 9.17) is 9.47 Å². The van der Waals surface area contributed by atoms with Gasteiger partial charge in [0.05, 0.1) is 21.3 Å². The molecule has 0 saturated heterocycles. The van der Waals surface area contributed by atoms with Crippen molar-refractivity contribution in [2.45, 2.75) is 46.1 Å². The lowest BCUT2D eigenvalue weighted by molar-refractivity contribution is -0.161. The lowest BCUT2D eigenvalue weighted by Gasteiger charge is -2.24. The molecule has 1 N–H and O–H groups in total. The van der Waals surface area contributed by atoms with Crippen molar-refractivity contribution in [3.63, 3.8) is 0 Å². The number of aliphatic hydroxyl groups is 1. The molecule has 0 spiro atoms. The van der Waals surface area contributed by atoms with Crippen molar-refractivity contribution in [1.29, 1.82) is 0 Å². The normalized spacial score (nSPS) is 13.5. The van der Waals surface area contributed by atoms with Gasteiger partial charge >= 0.3 is 5.97 Å². The molecule has 124 valence electrons. The molecule has 1 aromatic rings. The van der Waals surface area contributed by atoms with Crippen molar-refractivity contribution in [3.05, 3.63) is 22.3 Å². The Balaban J connectivity index is 3.24. The van der Waals surface area contributed by atoms with E-state index in [2.05, 4.69) is 4.74 Å². The first-order valence-electron chi connectivity index (χ1n) is 7.22. The van der Waals surface area contributed by atoms with E-state index in [-0.39, 0.29) is 6.42 Å². The van der Waals surface area contributed by atoms with Crippen LogP contribution < -0.4 is 9.47 Å². The molecule has 1 rings (SSSR count). The predicted octanol–water partition coefficient (Wildman–Crippen LogP) is 2.49. The van der Waals surface area contributed by atoms with Gasteiger partial charge in [-0.3, -0.25) is 0 Å². The fraction of sp³-hybridized carbons (Fsp3) is 0.588. The number of carbonyl (C=O) groups is 1. The van der Waals surface area contributed by atoms with E-state index in [0.29, 0.717) is 6.42 Å². The maximum atomic E-state index is 11.6. The van der Waals surface area contributed by atoms with Gasteiger partial charge in [0, 0.05) is 5.56 Å². The van der Waals surface area contributed by atoms with E-state index >= 15 is 0 Å². The van der Waals surface area contributed by atoms with E-state index in [1.165, 1.54) is 14.0 Å². The summed E-state index contributed by atoms with van der Waals surface area (Å²) in [5.74, 6) is 0.947. The summed E-state index contributed by atoms with van der Waals surface area (Å²) in [6.07, 6.45) is 0.719. The lowest BCUT2D eigenvalue weighted by atomic mass is 9.90.